The van der Waals surface area contributed by atoms with Crippen molar-refractivity contribution in [2.75, 3.05) is 26.2 Å². The van der Waals surface area contributed by atoms with Gasteiger partial charge in [-0.2, -0.15) is 0 Å². The molecule has 1 fully saturated rings. The Morgan fingerprint density at radius 2 is 1.72 bits per heavy atom. The minimum absolute atomic E-state index is 0.0902. The fourth-order valence-corrected chi connectivity index (χ4v) is 3.80. The molecule has 0 atom stereocenters. The van der Waals surface area contributed by atoms with Gasteiger partial charge in [0.1, 0.15) is 0 Å². The number of piperazine rings is 1. The van der Waals surface area contributed by atoms with Crippen LogP contribution in [0.1, 0.15) is 33.5 Å². The van der Waals surface area contributed by atoms with Gasteiger partial charge in [0.05, 0.1) is 6.42 Å². The van der Waals surface area contributed by atoms with Gasteiger partial charge >= 0.3 is 0 Å². The van der Waals surface area contributed by atoms with Crippen LogP contribution in [-0.4, -0.2) is 52.8 Å². The van der Waals surface area contributed by atoms with Crippen LogP contribution in [0.15, 0.2) is 36.7 Å². The van der Waals surface area contributed by atoms with E-state index in [4.69, 9.17) is 0 Å². The molecule has 1 aliphatic heterocycles. The summed E-state index contributed by atoms with van der Waals surface area (Å²) in [6.45, 7) is 2.43. The first-order valence-electron chi connectivity index (χ1n) is 9.01. The molecule has 1 aliphatic carbocycles. The number of rotatable bonds is 3. The maximum atomic E-state index is 12.8. The number of carbonyl (C=O) groups excluding carboxylic acids is 2. The van der Waals surface area contributed by atoms with Crippen LogP contribution < -0.4 is 0 Å². The summed E-state index contributed by atoms with van der Waals surface area (Å²) >= 11 is 0. The van der Waals surface area contributed by atoms with Crippen LogP contribution in [0.2, 0.25) is 0 Å². The molecule has 4 rings (SSSR count). The largest absolute Gasteiger partial charge is 0.367 e. The molecule has 1 aromatic heterocycles. The van der Waals surface area contributed by atoms with E-state index in [9.17, 15) is 9.59 Å². The van der Waals surface area contributed by atoms with Crippen molar-refractivity contribution in [2.45, 2.75) is 25.7 Å². The molecule has 1 aromatic carbocycles. The summed E-state index contributed by atoms with van der Waals surface area (Å²) in [5, 5.41) is 0. The van der Waals surface area contributed by atoms with Gasteiger partial charge in [0.2, 0.25) is 5.91 Å². The highest BCUT2D eigenvalue weighted by Crippen LogP contribution is 2.23. The maximum absolute atomic E-state index is 12.8. The lowest BCUT2D eigenvalue weighted by atomic mass is 10.1. The smallest absolute Gasteiger partial charge is 0.253 e. The van der Waals surface area contributed by atoms with E-state index in [0.29, 0.717) is 32.6 Å². The quantitative estimate of drug-likeness (QED) is 0.932. The van der Waals surface area contributed by atoms with Gasteiger partial charge in [-0.1, -0.05) is 6.07 Å². The predicted octanol–water partition coefficient (Wildman–Crippen LogP) is 2.03. The van der Waals surface area contributed by atoms with Gasteiger partial charge in [-0.05, 0) is 54.2 Å². The minimum atomic E-state index is 0.0902. The number of hydrogen-bond acceptors (Lipinski definition) is 2. The molecule has 0 spiro atoms. The third-order valence-corrected chi connectivity index (χ3v) is 5.28. The Morgan fingerprint density at radius 1 is 0.960 bits per heavy atom. The van der Waals surface area contributed by atoms with Crippen molar-refractivity contribution >= 4 is 11.8 Å². The Balaban J connectivity index is 1.35. The zero-order chi connectivity index (χ0) is 17.2. The van der Waals surface area contributed by atoms with E-state index in [0.717, 1.165) is 24.0 Å². The summed E-state index contributed by atoms with van der Waals surface area (Å²) in [6, 6.07) is 8.04. The predicted molar refractivity (Wildman–Crippen MR) is 95.4 cm³/mol. The molecule has 0 saturated carbocycles. The molecule has 0 bridgehead atoms. The summed E-state index contributed by atoms with van der Waals surface area (Å²) in [4.78, 5) is 31.8. The first-order valence-corrected chi connectivity index (χ1v) is 9.01. The average Bonchev–Trinajstić information content (AvgIpc) is 3.32. The molecule has 1 N–H and O–H groups in total. The number of benzene rings is 1. The Bertz CT molecular complexity index is 774. The van der Waals surface area contributed by atoms with Crippen LogP contribution in [-0.2, 0) is 24.1 Å². The molecular weight excluding hydrogens is 314 g/mol. The maximum Gasteiger partial charge on any atom is 0.253 e. The molecular formula is C20H23N3O2. The van der Waals surface area contributed by atoms with Crippen LogP contribution in [0.5, 0.6) is 0 Å². The van der Waals surface area contributed by atoms with E-state index < -0.39 is 0 Å². The molecule has 2 amide bonds. The van der Waals surface area contributed by atoms with Crippen molar-refractivity contribution in [2.24, 2.45) is 0 Å². The minimum Gasteiger partial charge on any atom is -0.367 e. The number of aromatic nitrogens is 1. The first-order chi connectivity index (χ1) is 12.2. The fraction of sp³-hybridized carbons (Fsp3) is 0.400. The average molecular weight is 337 g/mol. The molecule has 2 aliphatic rings. The number of nitrogens with zero attached hydrogens (tertiary/aromatic N) is 2. The summed E-state index contributed by atoms with van der Waals surface area (Å²) in [6.07, 6.45) is 7.50. The normalized spacial score (nSPS) is 16.8. The SMILES string of the molecule is O=C(Cc1cc[nH]c1)N1CCN(C(=O)c2ccc3c(c2)CCC3)CC1. The lowest BCUT2D eigenvalue weighted by Gasteiger charge is -2.35. The molecule has 1 saturated heterocycles. The number of aromatic amines is 1. The number of nitrogens with one attached hydrogen (secondary N) is 1. The van der Waals surface area contributed by atoms with Gasteiger partial charge < -0.3 is 14.8 Å². The highest BCUT2D eigenvalue weighted by Gasteiger charge is 2.25. The molecule has 25 heavy (non-hydrogen) atoms. The third-order valence-electron chi connectivity index (χ3n) is 5.28. The van der Waals surface area contributed by atoms with Crippen LogP contribution in [0.3, 0.4) is 0 Å². The molecule has 2 heterocycles. The lowest BCUT2D eigenvalue weighted by molar-refractivity contribution is -0.131. The highest BCUT2D eigenvalue weighted by molar-refractivity contribution is 5.94. The lowest BCUT2D eigenvalue weighted by Crippen LogP contribution is -2.51. The van der Waals surface area contributed by atoms with E-state index in [-0.39, 0.29) is 11.8 Å². The van der Waals surface area contributed by atoms with Crippen molar-refractivity contribution in [1.82, 2.24) is 14.8 Å². The molecule has 0 radical (unpaired) electrons. The number of fused-ring (bicyclic) bond motifs is 1. The Labute approximate surface area is 147 Å². The second-order valence-electron chi connectivity index (χ2n) is 6.91. The number of amides is 2. The van der Waals surface area contributed by atoms with Crippen LogP contribution in [0.4, 0.5) is 0 Å². The standard InChI is InChI=1S/C20H23N3O2/c24-19(12-15-6-7-21-14-15)22-8-10-23(11-9-22)20(25)18-5-4-16-2-1-3-17(16)13-18/h4-7,13-14,21H,1-3,8-12H2. The van der Waals surface area contributed by atoms with Gasteiger partial charge in [-0.15, -0.1) is 0 Å². The highest BCUT2D eigenvalue weighted by atomic mass is 16.2. The molecule has 0 unspecified atom stereocenters. The van der Waals surface area contributed by atoms with Crippen molar-refractivity contribution < 1.29 is 9.59 Å². The van der Waals surface area contributed by atoms with Crippen molar-refractivity contribution in [3.05, 3.63) is 58.9 Å². The van der Waals surface area contributed by atoms with Gasteiger partial charge in [0.15, 0.2) is 0 Å². The zero-order valence-corrected chi connectivity index (χ0v) is 14.3. The second-order valence-corrected chi connectivity index (χ2v) is 6.91. The van der Waals surface area contributed by atoms with Crippen LogP contribution in [0.25, 0.3) is 0 Å². The Kier molecular flexibility index (Phi) is 4.30. The van der Waals surface area contributed by atoms with Gasteiger partial charge in [0, 0.05) is 44.1 Å². The van der Waals surface area contributed by atoms with Gasteiger partial charge in [0.25, 0.3) is 5.91 Å². The molecule has 5 heteroatoms. The van der Waals surface area contributed by atoms with E-state index >= 15 is 0 Å². The molecule has 130 valence electrons. The van der Waals surface area contributed by atoms with Crippen molar-refractivity contribution in [1.29, 1.82) is 0 Å². The monoisotopic (exact) mass is 337 g/mol. The fourth-order valence-electron chi connectivity index (χ4n) is 3.80. The van der Waals surface area contributed by atoms with Gasteiger partial charge in [-0.3, -0.25) is 9.59 Å². The van der Waals surface area contributed by atoms with E-state index in [1.54, 1.807) is 0 Å². The number of H-pyrrole nitrogens is 1. The number of aryl methyl sites for hydroxylation is 2. The van der Waals surface area contributed by atoms with Crippen molar-refractivity contribution in [3.63, 3.8) is 0 Å². The zero-order valence-electron chi connectivity index (χ0n) is 14.3. The molecule has 2 aromatic rings. The summed E-state index contributed by atoms with van der Waals surface area (Å²) in [7, 11) is 0. The first kappa shape index (κ1) is 15.9. The summed E-state index contributed by atoms with van der Waals surface area (Å²) < 4.78 is 0. The van der Waals surface area contributed by atoms with E-state index in [2.05, 4.69) is 17.1 Å². The number of carbonyl (C=O) groups is 2. The second kappa shape index (κ2) is 6.75. The van der Waals surface area contributed by atoms with E-state index in [1.165, 1.54) is 17.5 Å². The molecule has 5 nitrogen and oxygen atoms in total. The third kappa shape index (κ3) is 3.31. The van der Waals surface area contributed by atoms with Crippen molar-refractivity contribution in [3.8, 4) is 0 Å². The Hall–Kier alpha value is -2.56. The van der Waals surface area contributed by atoms with Crippen LogP contribution >= 0.6 is 0 Å². The summed E-state index contributed by atoms with van der Waals surface area (Å²) in [5.41, 5.74) is 4.50. The Morgan fingerprint density at radius 3 is 2.48 bits per heavy atom. The number of hydrogen-bond donors (Lipinski definition) is 1. The topological polar surface area (TPSA) is 56.4 Å². The van der Waals surface area contributed by atoms with Crippen LogP contribution in [0, 0.1) is 0 Å². The van der Waals surface area contributed by atoms with E-state index in [1.807, 2.05) is 34.3 Å². The van der Waals surface area contributed by atoms with Gasteiger partial charge in [-0.25, -0.2) is 0 Å². The summed E-state index contributed by atoms with van der Waals surface area (Å²) in [5.74, 6) is 0.219.